The summed E-state index contributed by atoms with van der Waals surface area (Å²) in [5.41, 5.74) is 0. The van der Waals surface area contributed by atoms with Gasteiger partial charge < -0.3 is 18.9 Å². The van der Waals surface area contributed by atoms with Crippen molar-refractivity contribution in [2.45, 2.75) is 174 Å². The van der Waals surface area contributed by atoms with Crippen molar-refractivity contribution in [1.29, 1.82) is 0 Å². The van der Waals surface area contributed by atoms with Gasteiger partial charge in [-0.1, -0.05) is 163 Å². The molecule has 0 aliphatic rings. The number of nitrogens with zero attached hydrogens (tertiary/aromatic N) is 1. The number of carbonyl (C=O) groups excluding carboxylic acids is 2. The number of unbranched alkanes of at least 4 members (excludes halogenated alkanes) is 13. The van der Waals surface area contributed by atoms with Crippen LogP contribution in [0.2, 0.25) is 0 Å². The van der Waals surface area contributed by atoms with Crippen LogP contribution < -0.4 is 0 Å². The molecule has 2 atom stereocenters. The summed E-state index contributed by atoms with van der Waals surface area (Å²) in [7, 11) is 1.40. The van der Waals surface area contributed by atoms with Gasteiger partial charge in [0.15, 0.2) is 6.10 Å². The van der Waals surface area contributed by atoms with Crippen LogP contribution in [0.1, 0.15) is 168 Å². The Morgan fingerprint density at radius 1 is 0.517 bits per heavy atom. The van der Waals surface area contributed by atoms with Crippen molar-refractivity contribution in [2.75, 3.05) is 47.5 Å². The van der Waals surface area contributed by atoms with E-state index in [1.165, 1.54) is 83.5 Å². The van der Waals surface area contributed by atoms with Crippen LogP contribution in [0, 0.1) is 0 Å². The van der Waals surface area contributed by atoms with Crippen LogP contribution in [0.15, 0.2) is 85.1 Å². The summed E-state index contributed by atoms with van der Waals surface area (Å²) in [5.74, 6) is -0.954. The molecule has 0 aromatic rings. The minimum Gasteiger partial charge on any atom is -0.462 e. The third kappa shape index (κ3) is 44.7. The minimum atomic E-state index is -4.41. The molecule has 0 spiro atoms. The molecule has 9 nitrogen and oxygen atoms in total. The first-order valence-electron chi connectivity index (χ1n) is 23.3. The Morgan fingerprint density at radius 3 is 1.43 bits per heavy atom. The highest BCUT2D eigenvalue weighted by Gasteiger charge is 2.27. The normalized spacial score (nSPS) is 14.3. The number of phosphoric acid groups is 1. The zero-order chi connectivity index (χ0) is 44.3. The number of likely N-dealkylation sites (N-methyl/N-ethyl adjacent to an activating group) is 1. The van der Waals surface area contributed by atoms with Crippen molar-refractivity contribution in [1.82, 2.24) is 0 Å². The highest BCUT2D eigenvalue weighted by molar-refractivity contribution is 7.47. The van der Waals surface area contributed by atoms with E-state index in [0.29, 0.717) is 23.9 Å². The number of rotatable bonds is 41. The third-order valence-electron chi connectivity index (χ3n) is 9.41. The molecule has 0 fully saturated rings. The average Bonchev–Trinajstić information content (AvgIpc) is 3.20. The van der Waals surface area contributed by atoms with E-state index in [9.17, 15) is 19.0 Å². The van der Waals surface area contributed by atoms with E-state index in [0.717, 1.165) is 44.9 Å². The molecule has 10 heteroatoms. The molecule has 0 amide bonds. The maximum Gasteiger partial charge on any atom is 0.472 e. The van der Waals surface area contributed by atoms with Crippen LogP contribution in [0.4, 0.5) is 0 Å². The van der Waals surface area contributed by atoms with E-state index in [1.54, 1.807) is 0 Å². The lowest BCUT2D eigenvalue weighted by Crippen LogP contribution is -2.37. The largest absolute Gasteiger partial charge is 0.472 e. The smallest absolute Gasteiger partial charge is 0.462 e. The molecule has 0 aromatic heterocycles. The molecule has 0 saturated heterocycles. The number of carbonyl (C=O) groups is 2. The number of esters is 2. The highest BCUT2D eigenvalue weighted by Crippen LogP contribution is 2.43. The first kappa shape index (κ1) is 57.2. The third-order valence-corrected chi connectivity index (χ3v) is 10.4. The number of hydrogen-bond acceptors (Lipinski definition) is 7. The molecule has 1 unspecified atom stereocenters. The molecule has 0 aliphatic heterocycles. The summed E-state index contributed by atoms with van der Waals surface area (Å²) in [6.45, 7) is 4.25. The molecule has 0 aromatic carbocycles. The van der Waals surface area contributed by atoms with Gasteiger partial charge in [-0.25, -0.2) is 4.57 Å². The fourth-order valence-corrected chi connectivity index (χ4v) is 6.48. The van der Waals surface area contributed by atoms with Crippen molar-refractivity contribution in [2.24, 2.45) is 0 Å². The Labute approximate surface area is 367 Å². The van der Waals surface area contributed by atoms with Crippen LogP contribution in [0.5, 0.6) is 0 Å². The molecule has 344 valence electrons. The monoisotopic (exact) mass is 861 g/mol. The average molecular weight is 861 g/mol. The topological polar surface area (TPSA) is 108 Å². The lowest BCUT2D eigenvalue weighted by molar-refractivity contribution is -0.870. The number of phosphoric ester groups is 1. The Balaban J connectivity index is 4.53. The van der Waals surface area contributed by atoms with Crippen molar-refractivity contribution in [3.8, 4) is 0 Å². The Morgan fingerprint density at radius 2 is 0.933 bits per heavy atom. The van der Waals surface area contributed by atoms with Crippen LogP contribution in [0.3, 0.4) is 0 Å². The van der Waals surface area contributed by atoms with Crippen molar-refractivity contribution >= 4 is 19.8 Å². The number of quaternary nitrogens is 1. The first-order chi connectivity index (χ1) is 29.0. The fraction of sp³-hybridized carbons (Fsp3) is 0.680. The SMILES string of the molecule is CCCCC/C=C/C/C=C/C/C=C/C/C=C/C/C=C/CCC(=O)O[C@H](COC(=O)CCC/C=C/C/C=C/CCCCCCCCCCC)COP(=O)(O)OCC[N+](C)(C)C. The predicted octanol–water partition coefficient (Wildman–Crippen LogP) is 13.6. The van der Waals surface area contributed by atoms with Gasteiger partial charge in [-0.3, -0.25) is 18.6 Å². The van der Waals surface area contributed by atoms with Crippen LogP contribution in [-0.2, 0) is 32.7 Å². The lowest BCUT2D eigenvalue weighted by Gasteiger charge is -2.24. The zero-order valence-electron chi connectivity index (χ0n) is 38.7. The van der Waals surface area contributed by atoms with Crippen molar-refractivity contribution in [3.05, 3.63) is 85.1 Å². The zero-order valence-corrected chi connectivity index (χ0v) is 39.6. The quantitative estimate of drug-likeness (QED) is 0.0213. The van der Waals surface area contributed by atoms with E-state index in [1.807, 2.05) is 33.3 Å². The highest BCUT2D eigenvalue weighted by atomic mass is 31.2. The van der Waals surface area contributed by atoms with Gasteiger partial charge in [0.2, 0.25) is 0 Å². The second-order valence-electron chi connectivity index (χ2n) is 16.4. The van der Waals surface area contributed by atoms with E-state index in [2.05, 4.69) is 86.8 Å². The first-order valence-corrected chi connectivity index (χ1v) is 24.8. The fourth-order valence-electron chi connectivity index (χ4n) is 5.74. The van der Waals surface area contributed by atoms with E-state index in [-0.39, 0.29) is 26.1 Å². The van der Waals surface area contributed by atoms with Gasteiger partial charge in [0.1, 0.15) is 19.8 Å². The second kappa shape index (κ2) is 41.5. The molecule has 60 heavy (non-hydrogen) atoms. The number of ether oxygens (including phenoxy) is 2. The van der Waals surface area contributed by atoms with Crippen LogP contribution in [-0.4, -0.2) is 74.9 Å². The molecular formula is C50H87NO8P+. The lowest BCUT2D eigenvalue weighted by atomic mass is 10.1. The summed E-state index contributed by atoms with van der Waals surface area (Å²) in [4.78, 5) is 35.4. The molecule has 0 heterocycles. The van der Waals surface area contributed by atoms with Crippen molar-refractivity contribution < 1.29 is 42.1 Å². The molecule has 0 bridgehead atoms. The maximum absolute atomic E-state index is 12.7. The van der Waals surface area contributed by atoms with Gasteiger partial charge in [-0.15, -0.1) is 0 Å². The van der Waals surface area contributed by atoms with Crippen molar-refractivity contribution in [3.63, 3.8) is 0 Å². The Hall–Kier alpha value is -2.81. The Bertz CT molecular complexity index is 1290. The second-order valence-corrected chi connectivity index (χ2v) is 17.9. The summed E-state index contributed by atoms with van der Waals surface area (Å²) in [6, 6.07) is 0. The van der Waals surface area contributed by atoms with Gasteiger partial charge in [0.25, 0.3) is 0 Å². The van der Waals surface area contributed by atoms with Gasteiger partial charge >= 0.3 is 19.8 Å². The van der Waals surface area contributed by atoms with Crippen LogP contribution >= 0.6 is 7.82 Å². The molecule has 0 aliphatic carbocycles. The molecule has 0 saturated carbocycles. The minimum absolute atomic E-state index is 0.00814. The number of hydrogen-bond donors (Lipinski definition) is 1. The van der Waals surface area contributed by atoms with Crippen LogP contribution in [0.25, 0.3) is 0 Å². The number of allylic oxidation sites excluding steroid dienone is 14. The molecular weight excluding hydrogens is 774 g/mol. The molecule has 1 N–H and O–H groups in total. The molecule has 0 radical (unpaired) electrons. The summed E-state index contributed by atoms with van der Waals surface area (Å²) in [5, 5.41) is 0. The molecule has 0 rings (SSSR count). The predicted molar refractivity (Wildman–Crippen MR) is 252 cm³/mol. The van der Waals surface area contributed by atoms with E-state index >= 15 is 0 Å². The summed E-state index contributed by atoms with van der Waals surface area (Å²) in [6.07, 6.45) is 53.7. The van der Waals surface area contributed by atoms with Gasteiger partial charge in [-0.2, -0.15) is 0 Å². The van der Waals surface area contributed by atoms with Gasteiger partial charge in [-0.05, 0) is 77.0 Å². The van der Waals surface area contributed by atoms with Gasteiger partial charge in [0.05, 0.1) is 27.7 Å². The van der Waals surface area contributed by atoms with Gasteiger partial charge in [0, 0.05) is 12.8 Å². The van der Waals surface area contributed by atoms with E-state index < -0.39 is 32.5 Å². The maximum atomic E-state index is 12.7. The summed E-state index contributed by atoms with van der Waals surface area (Å²) >= 11 is 0. The summed E-state index contributed by atoms with van der Waals surface area (Å²) < 4.78 is 34.2. The van der Waals surface area contributed by atoms with E-state index in [4.69, 9.17) is 18.5 Å². The Kier molecular flexibility index (Phi) is 39.6. The standard InChI is InChI=1S/C50H86NO8P/c1-6-8-10-12-14-16-18-20-22-24-25-27-29-31-33-35-37-39-41-43-50(53)59-48(47-58-60(54,55)57-45-44-51(3,4)5)46-56-49(52)42-40-38-36-34-32-30-28-26-23-21-19-17-15-13-11-9-7-2/h14,16,20,22,25,27-28,30-31,33-34,36-37,39,48H,6-13,15,17-19,21,23-24,26,29,32,35,38,40-47H2,1-5H3/p+1/b16-14+,22-20+,27-25+,30-28+,33-31+,36-34+,39-37+/t48-/m1/s1.